The van der Waals surface area contributed by atoms with Crippen LogP contribution in [0.1, 0.15) is 27.7 Å². The van der Waals surface area contributed by atoms with E-state index in [4.69, 9.17) is 0 Å². The Labute approximate surface area is 199 Å². The number of thioether (sulfide) groups is 2. The molecule has 0 aromatic carbocycles. The molecule has 0 nitrogen and oxygen atoms in total. The van der Waals surface area contributed by atoms with Gasteiger partial charge in [-0.2, -0.15) is 0 Å². The quantitative estimate of drug-likeness (QED) is 0.484. The molecule has 0 fully saturated rings. The molecule has 4 aliphatic rings. The Bertz CT molecular complexity index is 750. The Morgan fingerprint density at radius 1 is 0.769 bits per heavy atom. The van der Waals surface area contributed by atoms with E-state index in [1.54, 1.807) is 20.2 Å². The molecule has 26 heavy (non-hydrogen) atoms. The predicted octanol–water partition coefficient (Wildman–Crippen LogP) is 0.330. The van der Waals surface area contributed by atoms with Crippen LogP contribution in [0.5, 0.6) is 0 Å². The molecular weight excluding hydrogens is 495 g/mol. The van der Waals surface area contributed by atoms with Crippen LogP contribution in [0, 0.1) is 0 Å². The first-order valence-corrected chi connectivity index (χ1v) is 13.2. The maximum absolute atomic E-state index is 2.56. The Morgan fingerprint density at radius 3 is 1.46 bits per heavy atom. The SMILES string of the molecule is CC1=CC2=CC(C)SC2=C1[Si](C)(C)C1=C2SC(C)C=C2C=C1C.[Cl-].[Cl-].[Zr+2]. The largest absolute Gasteiger partial charge is 2.00 e. The molecule has 0 N–H and O–H groups in total. The Hall–Kier alpha value is 0.820. The molecule has 0 radical (unpaired) electrons. The van der Waals surface area contributed by atoms with Crippen molar-refractivity contribution in [2.75, 3.05) is 0 Å². The van der Waals surface area contributed by atoms with Crippen molar-refractivity contribution < 1.29 is 51.0 Å². The number of rotatable bonds is 2. The van der Waals surface area contributed by atoms with Gasteiger partial charge in [-0.25, -0.2) is 0 Å². The summed E-state index contributed by atoms with van der Waals surface area (Å²) in [4.78, 5) is 3.17. The van der Waals surface area contributed by atoms with Crippen molar-refractivity contribution in [3.05, 3.63) is 66.8 Å². The van der Waals surface area contributed by atoms with Gasteiger partial charge < -0.3 is 24.8 Å². The Morgan fingerprint density at radius 2 is 1.12 bits per heavy atom. The first kappa shape index (κ1) is 24.9. The zero-order chi connectivity index (χ0) is 16.5. The molecular formula is C20H24Cl2S2SiZr. The fraction of sp³-hybridized carbons (Fsp3) is 0.400. The van der Waals surface area contributed by atoms with E-state index in [-0.39, 0.29) is 51.0 Å². The van der Waals surface area contributed by atoms with Crippen molar-refractivity contribution >= 4 is 31.6 Å². The second kappa shape index (κ2) is 8.67. The van der Waals surface area contributed by atoms with E-state index in [2.05, 4.69) is 88.6 Å². The minimum atomic E-state index is -1.69. The van der Waals surface area contributed by atoms with Crippen LogP contribution in [0.25, 0.3) is 0 Å². The summed E-state index contributed by atoms with van der Waals surface area (Å²) in [7, 11) is -1.69. The molecule has 0 aromatic rings. The second-order valence-electron chi connectivity index (χ2n) is 7.58. The fourth-order valence-corrected chi connectivity index (χ4v) is 12.4. The summed E-state index contributed by atoms with van der Waals surface area (Å²) in [5.41, 5.74) is 6.00. The van der Waals surface area contributed by atoms with Crippen molar-refractivity contribution in [1.29, 1.82) is 0 Å². The van der Waals surface area contributed by atoms with Gasteiger partial charge in [0.1, 0.15) is 8.07 Å². The van der Waals surface area contributed by atoms with Crippen LogP contribution >= 0.6 is 23.5 Å². The molecule has 0 amide bonds. The van der Waals surface area contributed by atoms with Gasteiger partial charge in [-0.3, -0.25) is 0 Å². The van der Waals surface area contributed by atoms with Gasteiger partial charge in [0.15, 0.2) is 0 Å². The van der Waals surface area contributed by atoms with Gasteiger partial charge >= 0.3 is 26.2 Å². The van der Waals surface area contributed by atoms with Crippen LogP contribution in [-0.4, -0.2) is 18.6 Å². The molecule has 2 aliphatic heterocycles. The van der Waals surface area contributed by atoms with E-state index in [1.807, 2.05) is 0 Å². The standard InChI is InChI=1S/C20H24S2Si.2ClH.Zr/c1-11-7-15-9-13(3)21-17(15)19(11)23(5,6)20-12(2)8-16-10-14(4)22-18(16)20;;;/h7-10,13-14H,1-6H3;2*1H;/q;;;+2/p-2. The molecule has 0 bridgehead atoms. The van der Waals surface area contributed by atoms with E-state index in [9.17, 15) is 0 Å². The number of hydrogen-bond donors (Lipinski definition) is 0. The monoisotopic (exact) mass is 516 g/mol. The van der Waals surface area contributed by atoms with E-state index < -0.39 is 8.07 Å². The average molecular weight is 519 g/mol. The van der Waals surface area contributed by atoms with Gasteiger partial charge in [-0.1, -0.05) is 37.4 Å². The van der Waals surface area contributed by atoms with Crippen molar-refractivity contribution in [1.82, 2.24) is 0 Å². The summed E-state index contributed by atoms with van der Waals surface area (Å²) in [6, 6.07) is 0. The van der Waals surface area contributed by atoms with Gasteiger partial charge in [-0.15, -0.1) is 23.5 Å². The molecule has 2 heterocycles. The van der Waals surface area contributed by atoms with Crippen molar-refractivity contribution in [3.8, 4) is 0 Å². The van der Waals surface area contributed by atoms with Crippen LogP contribution < -0.4 is 24.8 Å². The molecule has 0 saturated heterocycles. The summed E-state index contributed by atoms with van der Waals surface area (Å²) in [6.45, 7) is 14.4. The van der Waals surface area contributed by atoms with E-state index in [0.29, 0.717) is 10.5 Å². The summed E-state index contributed by atoms with van der Waals surface area (Å²) in [6.07, 6.45) is 9.73. The summed E-state index contributed by atoms with van der Waals surface area (Å²) >= 11 is 4.13. The molecule has 2 atom stereocenters. The van der Waals surface area contributed by atoms with Crippen molar-refractivity contribution in [3.63, 3.8) is 0 Å². The van der Waals surface area contributed by atoms with Crippen LogP contribution in [0.2, 0.25) is 13.1 Å². The van der Waals surface area contributed by atoms with Gasteiger partial charge in [0.2, 0.25) is 0 Å². The smallest absolute Gasteiger partial charge is 1.00 e. The molecule has 0 spiro atoms. The van der Waals surface area contributed by atoms with Gasteiger partial charge in [0.05, 0.1) is 0 Å². The first-order valence-electron chi connectivity index (χ1n) is 8.43. The van der Waals surface area contributed by atoms with E-state index in [1.165, 1.54) is 22.3 Å². The maximum atomic E-state index is 2.56. The second-order valence-corrected chi connectivity index (χ2v) is 14.6. The fourth-order valence-electron chi connectivity index (χ4n) is 4.51. The Balaban J connectivity index is 0.00000113. The van der Waals surface area contributed by atoms with Gasteiger partial charge in [0, 0.05) is 20.3 Å². The third kappa shape index (κ3) is 3.81. The zero-order valence-corrected chi connectivity index (χ0v) is 22.6. The molecule has 138 valence electrons. The number of allylic oxidation sites excluding steroid dienone is 8. The topological polar surface area (TPSA) is 0 Å². The van der Waals surface area contributed by atoms with Crippen LogP contribution in [0.15, 0.2) is 66.8 Å². The van der Waals surface area contributed by atoms with Crippen molar-refractivity contribution in [2.45, 2.75) is 51.3 Å². The maximum Gasteiger partial charge on any atom is 2.00 e. The molecule has 0 aromatic heterocycles. The Kier molecular flexibility index (Phi) is 8.29. The van der Waals surface area contributed by atoms with Crippen LogP contribution in [0.3, 0.4) is 0 Å². The molecule has 4 rings (SSSR count). The van der Waals surface area contributed by atoms with E-state index >= 15 is 0 Å². The van der Waals surface area contributed by atoms with Crippen LogP contribution in [0.4, 0.5) is 0 Å². The number of fused-ring (bicyclic) bond motifs is 2. The minimum absolute atomic E-state index is 0. The third-order valence-corrected chi connectivity index (χ3v) is 11.7. The number of halogens is 2. The van der Waals surface area contributed by atoms with Crippen molar-refractivity contribution in [2.24, 2.45) is 0 Å². The zero-order valence-electron chi connectivity index (χ0n) is 16.0. The molecule has 0 saturated carbocycles. The number of hydrogen-bond acceptors (Lipinski definition) is 2. The normalized spacial score (nSPS) is 26.2. The van der Waals surface area contributed by atoms with Crippen LogP contribution in [-0.2, 0) is 26.2 Å². The molecule has 2 aliphatic carbocycles. The first-order chi connectivity index (χ1) is 10.8. The summed E-state index contributed by atoms with van der Waals surface area (Å²) in [5.74, 6) is 0. The third-order valence-electron chi connectivity index (χ3n) is 5.20. The van der Waals surface area contributed by atoms with E-state index in [0.717, 1.165) is 0 Å². The minimum Gasteiger partial charge on any atom is -1.00 e. The predicted molar refractivity (Wildman–Crippen MR) is 109 cm³/mol. The summed E-state index contributed by atoms with van der Waals surface area (Å²) in [5, 5.41) is 4.63. The summed E-state index contributed by atoms with van der Waals surface area (Å²) < 4.78 is 0. The molecule has 6 heteroatoms. The van der Waals surface area contributed by atoms with Gasteiger partial charge in [-0.05, 0) is 60.4 Å². The average Bonchev–Trinajstić information content (AvgIpc) is 3.06. The molecule has 2 unspecified atom stereocenters. The van der Waals surface area contributed by atoms with Gasteiger partial charge in [0.25, 0.3) is 0 Å².